The molecule has 1 aliphatic carbocycles. The highest BCUT2D eigenvalue weighted by molar-refractivity contribution is 5.86. The molecule has 2 rings (SSSR count). The lowest BCUT2D eigenvalue weighted by molar-refractivity contribution is -0.138. The standard InChI is InChI=1S/C13H25N3O/c1-15(2)11-5-9-16(10-6-11)12(17)13(14)7-3-4-8-13/h11H,3-10,14H2,1-2H3. The van der Waals surface area contributed by atoms with E-state index in [9.17, 15) is 4.79 Å². The number of likely N-dealkylation sites (tertiary alicyclic amines) is 1. The largest absolute Gasteiger partial charge is 0.341 e. The number of nitrogens with two attached hydrogens (primary N) is 1. The zero-order valence-corrected chi connectivity index (χ0v) is 11.1. The van der Waals surface area contributed by atoms with Gasteiger partial charge in [0.1, 0.15) is 0 Å². The predicted molar refractivity (Wildman–Crippen MR) is 68.7 cm³/mol. The van der Waals surface area contributed by atoms with Crippen LogP contribution in [0.4, 0.5) is 0 Å². The van der Waals surface area contributed by atoms with Crippen LogP contribution in [0, 0.1) is 0 Å². The van der Waals surface area contributed by atoms with Crippen LogP contribution < -0.4 is 5.73 Å². The molecule has 0 radical (unpaired) electrons. The minimum absolute atomic E-state index is 0.201. The molecule has 1 aliphatic heterocycles. The predicted octanol–water partition coefficient (Wildman–Crippen LogP) is 0.811. The Bertz CT molecular complexity index is 276. The zero-order chi connectivity index (χ0) is 12.5. The van der Waals surface area contributed by atoms with Gasteiger partial charge in [-0.3, -0.25) is 4.79 Å². The molecule has 4 heteroatoms. The van der Waals surface area contributed by atoms with Gasteiger partial charge in [-0.25, -0.2) is 0 Å². The molecule has 0 atom stereocenters. The Labute approximate surface area is 104 Å². The van der Waals surface area contributed by atoms with Crippen LogP contribution >= 0.6 is 0 Å². The van der Waals surface area contributed by atoms with E-state index < -0.39 is 5.54 Å². The van der Waals surface area contributed by atoms with Gasteiger partial charge in [0.05, 0.1) is 5.54 Å². The van der Waals surface area contributed by atoms with Gasteiger partial charge in [0.15, 0.2) is 0 Å². The minimum atomic E-state index is -0.537. The topological polar surface area (TPSA) is 49.6 Å². The van der Waals surface area contributed by atoms with Crippen molar-refractivity contribution in [2.75, 3.05) is 27.2 Å². The first-order chi connectivity index (χ1) is 8.03. The summed E-state index contributed by atoms with van der Waals surface area (Å²) in [5, 5.41) is 0. The fraction of sp³-hybridized carbons (Fsp3) is 0.923. The maximum Gasteiger partial charge on any atom is 0.242 e. The van der Waals surface area contributed by atoms with Gasteiger partial charge in [-0.1, -0.05) is 12.8 Å². The lowest BCUT2D eigenvalue weighted by Crippen LogP contribution is -2.56. The van der Waals surface area contributed by atoms with Crippen molar-refractivity contribution in [2.45, 2.75) is 50.1 Å². The molecule has 2 fully saturated rings. The summed E-state index contributed by atoms with van der Waals surface area (Å²) >= 11 is 0. The summed E-state index contributed by atoms with van der Waals surface area (Å²) < 4.78 is 0. The van der Waals surface area contributed by atoms with Gasteiger partial charge in [-0.05, 0) is 39.8 Å². The van der Waals surface area contributed by atoms with E-state index in [2.05, 4.69) is 19.0 Å². The molecule has 1 amide bonds. The van der Waals surface area contributed by atoms with Crippen LogP contribution in [-0.4, -0.2) is 54.5 Å². The highest BCUT2D eigenvalue weighted by atomic mass is 16.2. The first-order valence-electron chi connectivity index (χ1n) is 6.78. The molecule has 1 saturated carbocycles. The third kappa shape index (κ3) is 2.63. The summed E-state index contributed by atoms with van der Waals surface area (Å²) in [5.74, 6) is 0.201. The smallest absolute Gasteiger partial charge is 0.242 e. The van der Waals surface area contributed by atoms with Crippen molar-refractivity contribution in [3.05, 3.63) is 0 Å². The van der Waals surface area contributed by atoms with E-state index in [4.69, 9.17) is 5.73 Å². The maximum atomic E-state index is 12.4. The first-order valence-corrected chi connectivity index (χ1v) is 6.78. The summed E-state index contributed by atoms with van der Waals surface area (Å²) in [4.78, 5) is 16.6. The van der Waals surface area contributed by atoms with E-state index >= 15 is 0 Å². The van der Waals surface area contributed by atoms with Gasteiger partial charge in [0.25, 0.3) is 0 Å². The fourth-order valence-corrected chi connectivity index (χ4v) is 3.12. The summed E-state index contributed by atoms with van der Waals surface area (Å²) in [6.45, 7) is 1.75. The molecular formula is C13H25N3O. The molecule has 0 bridgehead atoms. The lowest BCUT2D eigenvalue weighted by Gasteiger charge is -2.38. The van der Waals surface area contributed by atoms with Crippen molar-refractivity contribution in [3.63, 3.8) is 0 Å². The van der Waals surface area contributed by atoms with Gasteiger partial charge >= 0.3 is 0 Å². The van der Waals surface area contributed by atoms with Gasteiger partial charge < -0.3 is 15.5 Å². The van der Waals surface area contributed by atoms with E-state index in [0.717, 1.165) is 51.6 Å². The third-order valence-corrected chi connectivity index (χ3v) is 4.40. The van der Waals surface area contributed by atoms with Crippen LogP contribution in [0.25, 0.3) is 0 Å². The minimum Gasteiger partial charge on any atom is -0.341 e. The Hall–Kier alpha value is -0.610. The van der Waals surface area contributed by atoms with Crippen LogP contribution in [0.1, 0.15) is 38.5 Å². The van der Waals surface area contributed by atoms with Crippen molar-refractivity contribution < 1.29 is 4.79 Å². The molecule has 2 N–H and O–H groups in total. The SMILES string of the molecule is CN(C)C1CCN(C(=O)C2(N)CCCC2)CC1. The molecule has 0 aromatic carbocycles. The van der Waals surface area contributed by atoms with E-state index in [-0.39, 0.29) is 5.91 Å². The summed E-state index contributed by atoms with van der Waals surface area (Å²) in [6, 6.07) is 0.622. The Kier molecular flexibility index (Phi) is 3.73. The van der Waals surface area contributed by atoms with Gasteiger partial charge in [0.2, 0.25) is 5.91 Å². The summed E-state index contributed by atoms with van der Waals surface area (Å²) in [5.41, 5.74) is 5.69. The maximum absolute atomic E-state index is 12.4. The molecule has 0 aromatic heterocycles. The first kappa shape index (κ1) is 12.8. The van der Waals surface area contributed by atoms with Gasteiger partial charge in [0, 0.05) is 19.1 Å². The molecule has 0 aromatic rings. The number of hydrogen-bond donors (Lipinski definition) is 1. The fourth-order valence-electron chi connectivity index (χ4n) is 3.12. The number of rotatable bonds is 2. The van der Waals surface area contributed by atoms with Gasteiger partial charge in [-0.2, -0.15) is 0 Å². The highest BCUT2D eigenvalue weighted by Gasteiger charge is 2.40. The summed E-state index contributed by atoms with van der Waals surface area (Å²) in [7, 11) is 4.23. The molecule has 1 saturated heterocycles. The van der Waals surface area contributed by atoms with E-state index in [1.54, 1.807) is 0 Å². The number of piperidine rings is 1. The number of carbonyl (C=O) groups is 1. The normalized spacial score (nSPS) is 25.5. The second kappa shape index (κ2) is 4.94. The third-order valence-electron chi connectivity index (χ3n) is 4.40. The van der Waals surface area contributed by atoms with E-state index in [1.165, 1.54) is 0 Å². The number of carbonyl (C=O) groups excluding carboxylic acids is 1. The second-order valence-electron chi connectivity index (χ2n) is 5.85. The molecule has 4 nitrogen and oxygen atoms in total. The number of amides is 1. The van der Waals surface area contributed by atoms with Crippen molar-refractivity contribution in [1.29, 1.82) is 0 Å². The van der Waals surface area contributed by atoms with Crippen molar-refractivity contribution in [3.8, 4) is 0 Å². The van der Waals surface area contributed by atoms with E-state index in [1.807, 2.05) is 4.90 Å². The highest BCUT2D eigenvalue weighted by Crippen LogP contribution is 2.30. The number of nitrogens with zero attached hydrogens (tertiary/aromatic N) is 2. The quantitative estimate of drug-likeness (QED) is 0.776. The summed E-state index contributed by atoms with van der Waals surface area (Å²) in [6.07, 6.45) is 6.12. The van der Waals surface area contributed by atoms with Crippen LogP contribution in [0.15, 0.2) is 0 Å². The molecule has 0 unspecified atom stereocenters. The molecule has 1 heterocycles. The van der Waals surface area contributed by atoms with Crippen LogP contribution in [-0.2, 0) is 4.79 Å². The van der Waals surface area contributed by atoms with Crippen LogP contribution in [0.5, 0.6) is 0 Å². The van der Waals surface area contributed by atoms with E-state index in [0.29, 0.717) is 6.04 Å². The molecular weight excluding hydrogens is 214 g/mol. The van der Waals surface area contributed by atoms with Crippen molar-refractivity contribution in [1.82, 2.24) is 9.80 Å². The van der Waals surface area contributed by atoms with Gasteiger partial charge in [-0.15, -0.1) is 0 Å². The Morgan fingerprint density at radius 2 is 1.76 bits per heavy atom. The average Bonchev–Trinajstić information content (AvgIpc) is 2.76. The van der Waals surface area contributed by atoms with Crippen LogP contribution in [0.3, 0.4) is 0 Å². The van der Waals surface area contributed by atoms with Crippen molar-refractivity contribution >= 4 is 5.91 Å². The monoisotopic (exact) mass is 239 g/mol. The molecule has 17 heavy (non-hydrogen) atoms. The molecule has 0 spiro atoms. The van der Waals surface area contributed by atoms with Crippen molar-refractivity contribution in [2.24, 2.45) is 5.73 Å². The lowest BCUT2D eigenvalue weighted by atomic mass is 9.95. The Morgan fingerprint density at radius 1 is 1.24 bits per heavy atom. The molecule has 98 valence electrons. The number of hydrogen-bond acceptors (Lipinski definition) is 3. The second-order valence-corrected chi connectivity index (χ2v) is 5.85. The Morgan fingerprint density at radius 3 is 2.24 bits per heavy atom. The molecule has 2 aliphatic rings. The zero-order valence-electron chi connectivity index (χ0n) is 11.1. The van der Waals surface area contributed by atoms with Crippen LogP contribution in [0.2, 0.25) is 0 Å². The Balaban J connectivity index is 1.90. The average molecular weight is 239 g/mol.